The molecule has 2 unspecified atom stereocenters. The molecule has 0 amide bonds. The van der Waals surface area contributed by atoms with Crippen LogP contribution in [0.2, 0.25) is 28.2 Å². The molecular weight excluding hydrogens is 405 g/mol. The van der Waals surface area contributed by atoms with Gasteiger partial charge in [-0.15, -0.1) is 0 Å². The van der Waals surface area contributed by atoms with Crippen molar-refractivity contribution in [2.45, 2.75) is 70.8 Å². The lowest BCUT2D eigenvalue weighted by Crippen LogP contribution is -2.46. The van der Waals surface area contributed by atoms with Crippen molar-refractivity contribution in [1.29, 1.82) is 0 Å². The monoisotopic (exact) mass is 437 g/mol. The minimum absolute atomic E-state index is 0.0347. The van der Waals surface area contributed by atoms with Crippen molar-refractivity contribution in [1.82, 2.24) is 0 Å². The average Bonchev–Trinajstić information content (AvgIpc) is 2.61. The van der Waals surface area contributed by atoms with Gasteiger partial charge in [0.15, 0.2) is 8.32 Å². The first kappa shape index (κ1) is 23.3. The van der Waals surface area contributed by atoms with Crippen molar-refractivity contribution in [2.75, 3.05) is 5.32 Å². The van der Waals surface area contributed by atoms with E-state index in [0.29, 0.717) is 0 Å². The lowest BCUT2D eigenvalue weighted by molar-refractivity contribution is 0.149. The van der Waals surface area contributed by atoms with Crippen LogP contribution >= 0.6 is 23.2 Å². The average molecular weight is 439 g/mol. The van der Waals surface area contributed by atoms with Crippen molar-refractivity contribution < 1.29 is 4.43 Å². The number of anilines is 1. The van der Waals surface area contributed by atoms with Crippen LogP contribution in [0.15, 0.2) is 48.5 Å². The van der Waals surface area contributed by atoms with E-state index in [1.807, 2.05) is 36.4 Å². The summed E-state index contributed by atoms with van der Waals surface area (Å²) >= 11 is 12.2. The van der Waals surface area contributed by atoms with Gasteiger partial charge < -0.3 is 9.74 Å². The molecule has 0 bridgehead atoms. The molecule has 0 heterocycles. The van der Waals surface area contributed by atoms with E-state index < -0.39 is 8.32 Å². The first-order valence-electron chi connectivity index (χ1n) is 9.99. The number of hydrogen-bond acceptors (Lipinski definition) is 2. The Morgan fingerprint density at radius 2 is 1.43 bits per heavy atom. The van der Waals surface area contributed by atoms with Gasteiger partial charge in [-0.25, -0.2) is 0 Å². The van der Waals surface area contributed by atoms with Crippen LogP contribution < -0.4 is 5.32 Å². The van der Waals surface area contributed by atoms with Gasteiger partial charge in [0.25, 0.3) is 0 Å². The first-order chi connectivity index (χ1) is 13.0. The van der Waals surface area contributed by atoms with E-state index >= 15 is 0 Å². The molecule has 2 aromatic carbocycles. The summed E-state index contributed by atoms with van der Waals surface area (Å²) in [5.41, 5.74) is 2.21. The van der Waals surface area contributed by atoms with E-state index in [1.165, 1.54) is 5.56 Å². The van der Waals surface area contributed by atoms with Crippen molar-refractivity contribution in [2.24, 2.45) is 0 Å². The summed E-state index contributed by atoms with van der Waals surface area (Å²) in [5.74, 6) is 0. The molecule has 0 radical (unpaired) electrons. The van der Waals surface area contributed by atoms with Crippen molar-refractivity contribution in [3.05, 3.63) is 64.1 Å². The third kappa shape index (κ3) is 6.25. The van der Waals surface area contributed by atoms with E-state index in [4.69, 9.17) is 27.6 Å². The Hall–Kier alpha value is -1.00. The molecule has 2 nitrogen and oxygen atoms in total. The van der Waals surface area contributed by atoms with Crippen LogP contribution in [-0.4, -0.2) is 14.4 Å². The molecule has 0 fully saturated rings. The van der Waals surface area contributed by atoms with E-state index in [-0.39, 0.29) is 17.2 Å². The van der Waals surface area contributed by atoms with Crippen molar-refractivity contribution in [3.8, 4) is 0 Å². The van der Waals surface area contributed by atoms with Gasteiger partial charge in [-0.1, -0.05) is 69.5 Å². The molecule has 5 heteroatoms. The van der Waals surface area contributed by atoms with Gasteiger partial charge in [-0.3, -0.25) is 0 Å². The highest BCUT2D eigenvalue weighted by molar-refractivity contribution is 6.74. The van der Waals surface area contributed by atoms with Gasteiger partial charge >= 0.3 is 0 Å². The summed E-state index contributed by atoms with van der Waals surface area (Å²) in [7, 11) is -1.93. The smallest absolute Gasteiger partial charge is 0.192 e. The molecule has 0 aliphatic rings. The molecule has 0 spiro atoms. The molecule has 0 aliphatic heterocycles. The Morgan fingerprint density at radius 1 is 0.929 bits per heavy atom. The lowest BCUT2D eigenvalue weighted by atomic mass is 9.98. The fourth-order valence-electron chi connectivity index (χ4n) is 2.92. The molecule has 1 N–H and O–H groups in total. The SMILES string of the molecule is CCCC(O[Si](C)(C)C(C)(C)C)C(Nc1ccc(Cl)cc1)c1ccc(Cl)cc1. The molecule has 0 aliphatic carbocycles. The number of rotatable bonds is 8. The fraction of sp³-hybridized carbons (Fsp3) is 0.478. The minimum Gasteiger partial charge on any atom is -0.411 e. The van der Waals surface area contributed by atoms with Gasteiger partial charge in [-0.05, 0) is 66.5 Å². The second-order valence-electron chi connectivity index (χ2n) is 8.89. The van der Waals surface area contributed by atoms with Gasteiger partial charge in [0, 0.05) is 15.7 Å². The summed E-state index contributed by atoms with van der Waals surface area (Å²) in [6.45, 7) is 13.7. The zero-order valence-corrected chi connectivity index (χ0v) is 20.4. The lowest BCUT2D eigenvalue weighted by Gasteiger charge is -2.42. The predicted octanol–water partition coefficient (Wildman–Crippen LogP) is 8.34. The topological polar surface area (TPSA) is 21.3 Å². The molecule has 154 valence electrons. The Bertz CT molecular complexity index is 739. The van der Waals surface area contributed by atoms with Gasteiger partial charge in [-0.2, -0.15) is 0 Å². The summed E-state index contributed by atoms with van der Waals surface area (Å²) < 4.78 is 6.90. The highest BCUT2D eigenvalue weighted by Crippen LogP contribution is 2.40. The summed E-state index contributed by atoms with van der Waals surface area (Å²) in [6, 6.07) is 16.0. The fourth-order valence-corrected chi connectivity index (χ4v) is 4.54. The Balaban J connectivity index is 2.40. The maximum Gasteiger partial charge on any atom is 0.192 e. The van der Waals surface area contributed by atoms with E-state index in [9.17, 15) is 0 Å². The normalized spacial score (nSPS) is 14.6. The van der Waals surface area contributed by atoms with E-state index in [2.05, 4.69) is 58.2 Å². The number of nitrogens with one attached hydrogen (secondary N) is 1. The van der Waals surface area contributed by atoms with Crippen LogP contribution in [0.25, 0.3) is 0 Å². The molecule has 0 saturated carbocycles. The van der Waals surface area contributed by atoms with Crippen LogP contribution in [0.1, 0.15) is 52.1 Å². The van der Waals surface area contributed by atoms with Crippen LogP contribution in [0.4, 0.5) is 5.69 Å². The maximum absolute atomic E-state index is 6.90. The van der Waals surface area contributed by atoms with Crippen LogP contribution in [-0.2, 0) is 4.43 Å². The minimum atomic E-state index is -1.93. The van der Waals surface area contributed by atoms with Crippen LogP contribution in [0.5, 0.6) is 0 Å². The molecular formula is C23H33Cl2NOSi. The quantitative estimate of drug-likeness (QED) is 0.418. The predicted molar refractivity (Wildman–Crippen MR) is 126 cm³/mol. The Labute approximate surface area is 181 Å². The van der Waals surface area contributed by atoms with E-state index in [1.54, 1.807) is 0 Å². The standard InChI is InChI=1S/C23H33Cl2NOSi/c1-7-8-21(27-28(5,6)23(2,3)4)22(17-9-11-18(24)12-10-17)26-20-15-13-19(25)14-16-20/h9-16,21-22,26H,7-8H2,1-6H3. The first-order valence-corrected chi connectivity index (χ1v) is 13.7. The second-order valence-corrected chi connectivity index (χ2v) is 14.5. The molecule has 2 aromatic rings. The Morgan fingerprint density at radius 3 is 1.89 bits per heavy atom. The maximum atomic E-state index is 6.90. The highest BCUT2D eigenvalue weighted by Gasteiger charge is 2.40. The molecule has 0 saturated heterocycles. The number of halogens is 2. The molecule has 2 atom stereocenters. The molecule has 2 rings (SSSR count). The Kier molecular flexibility index (Phi) is 8.03. The van der Waals surface area contributed by atoms with E-state index in [0.717, 1.165) is 28.6 Å². The third-order valence-electron chi connectivity index (χ3n) is 5.59. The largest absolute Gasteiger partial charge is 0.411 e. The molecule has 0 aromatic heterocycles. The summed E-state index contributed by atoms with van der Waals surface area (Å²) in [5, 5.41) is 5.33. The van der Waals surface area contributed by atoms with Gasteiger partial charge in [0.2, 0.25) is 0 Å². The van der Waals surface area contributed by atoms with Crippen LogP contribution in [0.3, 0.4) is 0 Å². The summed E-state index contributed by atoms with van der Waals surface area (Å²) in [4.78, 5) is 0. The number of hydrogen-bond donors (Lipinski definition) is 1. The van der Waals surface area contributed by atoms with Crippen molar-refractivity contribution >= 4 is 37.2 Å². The second kappa shape index (κ2) is 9.66. The zero-order chi connectivity index (χ0) is 20.9. The zero-order valence-electron chi connectivity index (χ0n) is 17.9. The van der Waals surface area contributed by atoms with Crippen LogP contribution in [0, 0.1) is 0 Å². The highest BCUT2D eigenvalue weighted by atomic mass is 35.5. The van der Waals surface area contributed by atoms with Gasteiger partial charge in [0.1, 0.15) is 0 Å². The molecule has 28 heavy (non-hydrogen) atoms. The van der Waals surface area contributed by atoms with Crippen molar-refractivity contribution in [3.63, 3.8) is 0 Å². The number of benzene rings is 2. The third-order valence-corrected chi connectivity index (χ3v) is 10.6. The van der Waals surface area contributed by atoms with Gasteiger partial charge in [0.05, 0.1) is 12.1 Å². The summed E-state index contributed by atoms with van der Waals surface area (Å²) in [6.07, 6.45) is 2.12.